The van der Waals surface area contributed by atoms with E-state index in [9.17, 15) is 4.21 Å². The van der Waals surface area contributed by atoms with Gasteiger partial charge in [0.1, 0.15) is 0 Å². The highest BCUT2D eigenvalue weighted by Crippen LogP contribution is 2.03. The third-order valence-electron chi connectivity index (χ3n) is 1.82. The Hall–Kier alpha value is 0.0700. The van der Waals surface area contributed by atoms with Crippen LogP contribution < -0.4 is 5.73 Å². The van der Waals surface area contributed by atoms with Crippen molar-refractivity contribution in [2.45, 2.75) is 26.4 Å². The van der Waals surface area contributed by atoms with E-state index in [1.807, 2.05) is 0 Å². The molecule has 0 saturated heterocycles. The molecular weight excluding hydrogens is 174 g/mol. The second-order valence-corrected chi connectivity index (χ2v) is 4.72. The third kappa shape index (κ3) is 5.69. The Balaban J connectivity index is 3.59. The van der Waals surface area contributed by atoms with E-state index >= 15 is 0 Å². The first-order valence-electron chi connectivity index (χ1n) is 4.33. The van der Waals surface area contributed by atoms with Crippen LogP contribution in [0.2, 0.25) is 0 Å². The lowest BCUT2D eigenvalue weighted by Gasteiger charge is -2.10. The predicted molar refractivity (Wildman–Crippen MR) is 52.4 cm³/mol. The molecule has 0 radical (unpaired) electrons. The smallest absolute Gasteiger partial charge is 0.0777 e. The summed E-state index contributed by atoms with van der Waals surface area (Å²) in [5.74, 6) is 1.46. The van der Waals surface area contributed by atoms with E-state index in [0.29, 0.717) is 17.4 Å². The fourth-order valence-electron chi connectivity index (χ4n) is 0.786. The van der Waals surface area contributed by atoms with Crippen molar-refractivity contribution in [3.8, 4) is 0 Å². The van der Waals surface area contributed by atoms with E-state index in [2.05, 4.69) is 13.8 Å². The monoisotopic (exact) mass is 193 g/mol. The van der Waals surface area contributed by atoms with Gasteiger partial charge in [0.15, 0.2) is 0 Å². The van der Waals surface area contributed by atoms with Crippen LogP contribution in [-0.2, 0) is 10.8 Å². The van der Waals surface area contributed by atoms with Gasteiger partial charge in [-0.2, -0.15) is 0 Å². The van der Waals surface area contributed by atoms with E-state index in [1.165, 1.54) is 0 Å². The van der Waals surface area contributed by atoms with Crippen LogP contribution >= 0.6 is 0 Å². The second kappa shape index (κ2) is 6.57. The molecule has 0 aliphatic rings. The van der Waals surface area contributed by atoms with E-state index < -0.39 is 16.9 Å². The van der Waals surface area contributed by atoms with Gasteiger partial charge in [0, 0.05) is 23.1 Å². The number of rotatable bonds is 6. The van der Waals surface area contributed by atoms with Crippen molar-refractivity contribution in [1.82, 2.24) is 0 Å². The zero-order valence-corrected chi connectivity index (χ0v) is 8.64. The van der Waals surface area contributed by atoms with Gasteiger partial charge in [-0.05, 0) is 5.92 Å². The first kappa shape index (κ1) is 12.1. The molecule has 4 heteroatoms. The second-order valence-electron chi connectivity index (χ2n) is 3.18. The van der Waals surface area contributed by atoms with Crippen molar-refractivity contribution >= 4 is 10.8 Å². The maximum atomic E-state index is 11.3. The minimum atomic E-state index is -0.910. The fraction of sp³-hybridized carbons (Fsp3) is 1.00. The standard InChI is InChI=1S/C8H19NO2S/c1-3-7(2)5-12(11)6-8(10)4-9/h7-8,10H,3-6,9H2,1-2H3. The van der Waals surface area contributed by atoms with E-state index in [0.717, 1.165) is 6.42 Å². The molecule has 0 aromatic rings. The van der Waals surface area contributed by atoms with Gasteiger partial charge in [0.25, 0.3) is 0 Å². The van der Waals surface area contributed by atoms with Crippen LogP contribution in [0.3, 0.4) is 0 Å². The highest BCUT2D eigenvalue weighted by Gasteiger charge is 2.10. The first-order chi connectivity index (χ1) is 5.60. The summed E-state index contributed by atoms with van der Waals surface area (Å²) in [7, 11) is -0.910. The molecule has 74 valence electrons. The third-order valence-corrected chi connectivity index (χ3v) is 3.52. The van der Waals surface area contributed by atoms with Crippen molar-refractivity contribution in [1.29, 1.82) is 0 Å². The van der Waals surface area contributed by atoms with E-state index in [4.69, 9.17) is 10.8 Å². The van der Waals surface area contributed by atoms with Gasteiger partial charge >= 0.3 is 0 Å². The molecule has 0 amide bonds. The average molecular weight is 193 g/mol. The Kier molecular flexibility index (Phi) is 6.61. The summed E-state index contributed by atoms with van der Waals surface area (Å²) >= 11 is 0. The van der Waals surface area contributed by atoms with Gasteiger partial charge < -0.3 is 10.8 Å². The summed E-state index contributed by atoms with van der Waals surface area (Å²) in [6.45, 7) is 4.33. The maximum Gasteiger partial charge on any atom is 0.0777 e. The predicted octanol–water partition coefficient (Wildman–Crippen LogP) is 0.101. The molecule has 3 unspecified atom stereocenters. The Morgan fingerprint density at radius 2 is 2.08 bits per heavy atom. The summed E-state index contributed by atoms with van der Waals surface area (Å²) in [4.78, 5) is 0. The van der Waals surface area contributed by atoms with E-state index in [1.54, 1.807) is 0 Å². The Morgan fingerprint density at radius 1 is 1.50 bits per heavy atom. The number of nitrogens with two attached hydrogens (primary N) is 1. The van der Waals surface area contributed by atoms with Crippen molar-refractivity contribution < 1.29 is 9.32 Å². The van der Waals surface area contributed by atoms with Gasteiger partial charge in [0.2, 0.25) is 0 Å². The highest BCUT2D eigenvalue weighted by atomic mass is 32.2. The normalized spacial score (nSPS) is 18.7. The summed E-state index contributed by atoms with van der Waals surface area (Å²) in [6, 6.07) is 0. The topological polar surface area (TPSA) is 63.3 Å². The first-order valence-corrected chi connectivity index (χ1v) is 5.82. The van der Waals surface area contributed by atoms with Crippen molar-refractivity contribution in [2.75, 3.05) is 18.1 Å². The van der Waals surface area contributed by atoms with Crippen LogP contribution in [0, 0.1) is 5.92 Å². The molecule has 0 aliphatic carbocycles. The molecule has 0 rings (SSSR count). The molecule has 0 aromatic heterocycles. The molecule has 0 fully saturated rings. The van der Waals surface area contributed by atoms with Gasteiger partial charge in [-0.15, -0.1) is 0 Å². The van der Waals surface area contributed by atoms with Gasteiger partial charge in [0.05, 0.1) is 11.9 Å². The molecule has 0 aliphatic heterocycles. The molecule has 0 aromatic carbocycles. The SMILES string of the molecule is CCC(C)CS(=O)CC(O)CN. The number of hydrogen-bond donors (Lipinski definition) is 2. The molecule has 0 heterocycles. The zero-order chi connectivity index (χ0) is 9.56. The van der Waals surface area contributed by atoms with Crippen LogP contribution in [0.25, 0.3) is 0 Å². The lowest BCUT2D eigenvalue weighted by molar-refractivity contribution is 0.207. The highest BCUT2D eigenvalue weighted by molar-refractivity contribution is 7.85. The Labute approximate surface area is 76.8 Å². The maximum absolute atomic E-state index is 11.3. The zero-order valence-electron chi connectivity index (χ0n) is 7.82. The molecule has 0 bridgehead atoms. The largest absolute Gasteiger partial charge is 0.391 e. The summed E-state index contributed by atoms with van der Waals surface area (Å²) in [6.07, 6.45) is 0.430. The summed E-state index contributed by atoms with van der Waals surface area (Å²) in [5, 5.41) is 9.10. The molecule has 3 N–H and O–H groups in total. The fourth-order valence-corrected chi connectivity index (χ4v) is 2.36. The van der Waals surface area contributed by atoms with Crippen LogP contribution in [0.4, 0.5) is 0 Å². The Bertz CT molecular complexity index is 127. The van der Waals surface area contributed by atoms with Crippen molar-refractivity contribution in [2.24, 2.45) is 11.7 Å². The van der Waals surface area contributed by atoms with Crippen LogP contribution in [0.15, 0.2) is 0 Å². The van der Waals surface area contributed by atoms with Crippen molar-refractivity contribution in [3.63, 3.8) is 0 Å². The molecule has 3 nitrogen and oxygen atoms in total. The lowest BCUT2D eigenvalue weighted by atomic mass is 10.2. The van der Waals surface area contributed by atoms with E-state index in [-0.39, 0.29) is 6.54 Å². The van der Waals surface area contributed by atoms with Crippen LogP contribution in [0.5, 0.6) is 0 Å². The quantitative estimate of drug-likeness (QED) is 0.629. The molecular formula is C8H19NO2S. The number of aliphatic hydroxyl groups is 1. The Morgan fingerprint density at radius 3 is 2.50 bits per heavy atom. The van der Waals surface area contributed by atoms with Crippen molar-refractivity contribution in [3.05, 3.63) is 0 Å². The molecule has 0 spiro atoms. The van der Waals surface area contributed by atoms with Crippen LogP contribution in [0.1, 0.15) is 20.3 Å². The van der Waals surface area contributed by atoms with Gasteiger partial charge in [-0.1, -0.05) is 20.3 Å². The molecule has 0 saturated carbocycles. The number of hydrogen-bond acceptors (Lipinski definition) is 3. The van der Waals surface area contributed by atoms with Gasteiger partial charge in [-0.3, -0.25) is 4.21 Å². The molecule has 12 heavy (non-hydrogen) atoms. The van der Waals surface area contributed by atoms with Gasteiger partial charge in [-0.25, -0.2) is 0 Å². The lowest BCUT2D eigenvalue weighted by Crippen LogP contribution is -2.27. The minimum absolute atomic E-state index is 0.201. The summed E-state index contributed by atoms with van der Waals surface area (Å²) < 4.78 is 11.3. The minimum Gasteiger partial charge on any atom is -0.391 e. The van der Waals surface area contributed by atoms with Crippen LogP contribution in [-0.4, -0.2) is 33.5 Å². The molecule has 3 atom stereocenters. The average Bonchev–Trinajstić information content (AvgIpc) is 2.03. The number of aliphatic hydroxyl groups excluding tert-OH is 1. The summed E-state index contributed by atoms with van der Waals surface area (Å²) in [5.41, 5.74) is 5.20.